The summed E-state index contributed by atoms with van der Waals surface area (Å²) < 4.78 is 0. The quantitative estimate of drug-likeness (QED) is 0.752. The lowest BCUT2D eigenvalue weighted by molar-refractivity contribution is 0.0738. The van der Waals surface area contributed by atoms with Gasteiger partial charge < -0.3 is 10.2 Å². The topological polar surface area (TPSA) is 45.2 Å². The summed E-state index contributed by atoms with van der Waals surface area (Å²) >= 11 is 0. The molecule has 1 aliphatic carbocycles. The summed E-state index contributed by atoms with van der Waals surface area (Å²) in [7, 11) is 1.91. The normalized spacial score (nSPS) is 13.2. The van der Waals surface area contributed by atoms with Gasteiger partial charge in [-0.25, -0.2) is 0 Å². The SMILES string of the molecule is CN(C(=O)c1ccc(NCc2ccncc2)cc1)C1Cc2ccccc2C1. The molecule has 0 saturated heterocycles. The molecule has 0 radical (unpaired) electrons. The molecular formula is C23H23N3O. The largest absolute Gasteiger partial charge is 0.381 e. The minimum Gasteiger partial charge on any atom is -0.381 e. The molecule has 1 amide bonds. The molecule has 4 heteroatoms. The van der Waals surface area contributed by atoms with Gasteiger partial charge in [-0.15, -0.1) is 0 Å². The number of hydrogen-bond donors (Lipinski definition) is 1. The molecule has 136 valence electrons. The molecule has 4 nitrogen and oxygen atoms in total. The van der Waals surface area contributed by atoms with Gasteiger partial charge in [-0.2, -0.15) is 0 Å². The van der Waals surface area contributed by atoms with E-state index in [9.17, 15) is 4.79 Å². The van der Waals surface area contributed by atoms with Crippen molar-refractivity contribution >= 4 is 11.6 Å². The molecule has 0 saturated carbocycles. The van der Waals surface area contributed by atoms with Gasteiger partial charge in [-0.3, -0.25) is 9.78 Å². The van der Waals surface area contributed by atoms with Crippen LogP contribution in [0.3, 0.4) is 0 Å². The molecule has 0 atom stereocenters. The number of carbonyl (C=O) groups excluding carboxylic acids is 1. The molecule has 1 aromatic heterocycles. The lowest BCUT2D eigenvalue weighted by Crippen LogP contribution is -2.37. The van der Waals surface area contributed by atoms with E-state index in [-0.39, 0.29) is 11.9 Å². The molecule has 4 rings (SSSR count). The van der Waals surface area contributed by atoms with E-state index >= 15 is 0 Å². The van der Waals surface area contributed by atoms with E-state index in [2.05, 4.69) is 34.6 Å². The number of fused-ring (bicyclic) bond motifs is 1. The standard InChI is InChI=1S/C23H23N3O/c1-26(22-14-19-4-2-3-5-20(19)15-22)23(27)18-6-8-21(9-7-18)25-16-17-10-12-24-13-11-17/h2-13,22,25H,14-16H2,1H3. The lowest BCUT2D eigenvalue weighted by Gasteiger charge is -2.24. The fraction of sp³-hybridized carbons (Fsp3) is 0.217. The molecule has 0 bridgehead atoms. The third kappa shape index (κ3) is 3.85. The van der Waals surface area contributed by atoms with Crippen LogP contribution in [0.2, 0.25) is 0 Å². The first-order valence-corrected chi connectivity index (χ1v) is 9.27. The molecule has 0 fully saturated rings. The zero-order valence-corrected chi connectivity index (χ0v) is 15.4. The van der Waals surface area contributed by atoms with Gasteiger partial charge in [0.25, 0.3) is 5.91 Å². The predicted octanol–water partition coefficient (Wildman–Crippen LogP) is 3.93. The average Bonchev–Trinajstić information content (AvgIpc) is 3.16. The Hall–Kier alpha value is -3.14. The second-order valence-corrected chi connectivity index (χ2v) is 7.03. The Labute approximate surface area is 159 Å². The molecule has 3 aromatic rings. The number of amides is 1. The Kier molecular flexibility index (Phi) is 4.88. The van der Waals surface area contributed by atoms with Gasteiger partial charge in [0.15, 0.2) is 0 Å². The van der Waals surface area contributed by atoms with Crippen LogP contribution in [-0.2, 0) is 19.4 Å². The van der Waals surface area contributed by atoms with Crippen LogP contribution in [0, 0.1) is 0 Å². The van der Waals surface area contributed by atoms with Crippen molar-refractivity contribution in [3.8, 4) is 0 Å². The summed E-state index contributed by atoms with van der Waals surface area (Å²) in [6.07, 6.45) is 5.44. The number of nitrogens with zero attached hydrogens (tertiary/aromatic N) is 2. The maximum Gasteiger partial charge on any atom is 0.253 e. The highest BCUT2D eigenvalue weighted by molar-refractivity contribution is 5.94. The Morgan fingerprint density at radius 3 is 2.26 bits per heavy atom. The van der Waals surface area contributed by atoms with Gasteiger partial charge in [0, 0.05) is 43.3 Å². The molecule has 2 aromatic carbocycles. The zero-order chi connectivity index (χ0) is 18.6. The van der Waals surface area contributed by atoms with Crippen LogP contribution in [0.5, 0.6) is 0 Å². The summed E-state index contributed by atoms with van der Waals surface area (Å²) in [5.74, 6) is 0.0773. The Bertz CT molecular complexity index is 897. The second kappa shape index (κ2) is 7.62. The fourth-order valence-electron chi connectivity index (χ4n) is 3.61. The highest BCUT2D eigenvalue weighted by Crippen LogP contribution is 2.25. The van der Waals surface area contributed by atoms with Gasteiger partial charge >= 0.3 is 0 Å². The van der Waals surface area contributed by atoms with Crippen molar-refractivity contribution in [1.82, 2.24) is 9.88 Å². The average molecular weight is 357 g/mol. The highest BCUT2D eigenvalue weighted by Gasteiger charge is 2.27. The molecule has 0 unspecified atom stereocenters. The van der Waals surface area contributed by atoms with E-state index in [4.69, 9.17) is 0 Å². The molecule has 1 aliphatic rings. The van der Waals surface area contributed by atoms with Gasteiger partial charge in [-0.05, 0) is 65.9 Å². The predicted molar refractivity (Wildman–Crippen MR) is 108 cm³/mol. The smallest absolute Gasteiger partial charge is 0.253 e. The molecule has 0 aliphatic heterocycles. The van der Waals surface area contributed by atoms with Crippen LogP contribution in [0.1, 0.15) is 27.0 Å². The van der Waals surface area contributed by atoms with Gasteiger partial charge in [0.2, 0.25) is 0 Å². The van der Waals surface area contributed by atoms with Crippen molar-refractivity contribution in [3.63, 3.8) is 0 Å². The summed E-state index contributed by atoms with van der Waals surface area (Å²) in [5.41, 5.74) is 5.61. The number of likely N-dealkylation sites (N-methyl/N-ethyl adjacent to an activating group) is 1. The molecule has 0 spiro atoms. The van der Waals surface area contributed by atoms with Crippen molar-refractivity contribution in [3.05, 3.63) is 95.3 Å². The fourth-order valence-corrected chi connectivity index (χ4v) is 3.61. The maximum absolute atomic E-state index is 12.9. The number of nitrogens with one attached hydrogen (secondary N) is 1. The number of anilines is 1. The van der Waals surface area contributed by atoms with E-state index in [0.717, 1.165) is 30.6 Å². The first-order chi connectivity index (χ1) is 13.2. The van der Waals surface area contributed by atoms with Gasteiger partial charge in [0.1, 0.15) is 0 Å². The van der Waals surface area contributed by atoms with Crippen molar-refractivity contribution in [2.24, 2.45) is 0 Å². The molecular weight excluding hydrogens is 334 g/mol. The Balaban J connectivity index is 1.38. The van der Waals surface area contributed by atoms with Crippen LogP contribution in [-0.4, -0.2) is 28.9 Å². The Morgan fingerprint density at radius 1 is 1.00 bits per heavy atom. The van der Waals surface area contributed by atoms with Gasteiger partial charge in [-0.1, -0.05) is 24.3 Å². The van der Waals surface area contributed by atoms with Crippen LogP contribution < -0.4 is 5.32 Å². The number of rotatable bonds is 5. The first kappa shape index (κ1) is 17.3. The number of carbonyl (C=O) groups is 1. The van der Waals surface area contributed by atoms with E-state index in [1.54, 1.807) is 12.4 Å². The maximum atomic E-state index is 12.9. The summed E-state index contributed by atoms with van der Waals surface area (Å²) in [4.78, 5) is 18.8. The van der Waals surface area contributed by atoms with Crippen molar-refractivity contribution < 1.29 is 4.79 Å². The third-order valence-electron chi connectivity index (χ3n) is 5.28. The minimum atomic E-state index is 0.0773. The molecule has 1 heterocycles. The van der Waals surface area contributed by atoms with E-state index in [0.29, 0.717) is 0 Å². The number of benzene rings is 2. The first-order valence-electron chi connectivity index (χ1n) is 9.27. The second-order valence-electron chi connectivity index (χ2n) is 7.03. The van der Waals surface area contributed by atoms with Gasteiger partial charge in [0.05, 0.1) is 0 Å². The summed E-state index contributed by atoms with van der Waals surface area (Å²) in [6.45, 7) is 0.732. The van der Waals surface area contributed by atoms with Crippen LogP contribution in [0.15, 0.2) is 73.1 Å². The van der Waals surface area contributed by atoms with Crippen molar-refractivity contribution in [1.29, 1.82) is 0 Å². The third-order valence-corrected chi connectivity index (χ3v) is 5.28. The van der Waals surface area contributed by atoms with Crippen LogP contribution in [0.4, 0.5) is 5.69 Å². The number of aromatic nitrogens is 1. The Morgan fingerprint density at radius 2 is 1.63 bits per heavy atom. The minimum absolute atomic E-state index is 0.0773. The van der Waals surface area contributed by atoms with E-state index < -0.39 is 0 Å². The van der Waals surface area contributed by atoms with Crippen molar-refractivity contribution in [2.45, 2.75) is 25.4 Å². The zero-order valence-electron chi connectivity index (χ0n) is 15.4. The lowest BCUT2D eigenvalue weighted by atomic mass is 10.1. The highest BCUT2D eigenvalue weighted by atomic mass is 16.2. The molecule has 27 heavy (non-hydrogen) atoms. The summed E-state index contributed by atoms with van der Waals surface area (Å²) in [5, 5.41) is 3.37. The van der Waals surface area contributed by atoms with E-state index in [1.165, 1.54) is 16.7 Å². The monoisotopic (exact) mass is 357 g/mol. The number of pyridine rings is 1. The molecule has 1 N–H and O–H groups in total. The van der Waals surface area contributed by atoms with Crippen LogP contribution >= 0.6 is 0 Å². The summed E-state index contributed by atoms with van der Waals surface area (Å²) in [6, 6.07) is 20.4. The van der Waals surface area contributed by atoms with E-state index in [1.807, 2.05) is 48.3 Å². The van der Waals surface area contributed by atoms with Crippen molar-refractivity contribution in [2.75, 3.05) is 12.4 Å². The number of hydrogen-bond acceptors (Lipinski definition) is 3. The van der Waals surface area contributed by atoms with Crippen LogP contribution in [0.25, 0.3) is 0 Å².